The van der Waals surface area contributed by atoms with Crippen LogP contribution in [0.15, 0.2) is 24.5 Å². The summed E-state index contributed by atoms with van der Waals surface area (Å²) in [6, 6.07) is 3.58. The van der Waals surface area contributed by atoms with Gasteiger partial charge in [-0.3, -0.25) is 9.48 Å². The van der Waals surface area contributed by atoms with Crippen molar-refractivity contribution in [1.82, 2.24) is 14.8 Å². The Bertz CT molecular complexity index is 727. The summed E-state index contributed by atoms with van der Waals surface area (Å²) in [5.74, 6) is 0.542. The second-order valence-electron chi connectivity index (χ2n) is 6.08. The monoisotopic (exact) mass is 329 g/mol. The van der Waals surface area contributed by atoms with Gasteiger partial charge in [-0.15, -0.1) is 0 Å². The Morgan fingerprint density at radius 1 is 1.38 bits per heavy atom. The van der Waals surface area contributed by atoms with Crippen LogP contribution in [-0.2, 0) is 7.05 Å². The molecule has 0 bridgehead atoms. The lowest BCUT2D eigenvalue weighted by atomic mass is 10.1. The second-order valence-corrected chi connectivity index (χ2v) is 6.08. The Kier molecular flexibility index (Phi) is 4.66. The first-order valence-corrected chi connectivity index (χ1v) is 8.10. The number of aromatic nitrogens is 3. The molecule has 0 spiro atoms. The van der Waals surface area contributed by atoms with Gasteiger partial charge in [0.1, 0.15) is 5.69 Å². The van der Waals surface area contributed by atoms with E-state index < -0.39 is 0 Å². The zero-order chi connectivity index (χ0) is 17.1. The summed E-state index contributed by atoms with van der Waals surface area (Å²) in [5, 5.41) is 7.17. The maximum absolute atomic E-state index is 12.5. The summed E-state index contributed by atoms with van der Waals surface area (Å²) in [4.78, 5) is 18.7. The molecule has 0 aliphatic carbocycles. The second kappa shape index (κ2) is 6.88. The Hall–Kier alpha value is -2.61. The quantitative estimate of drug-likeness (QED) is 0.773. The number of aryl methyl sites for hydroxylation is 1. The minimum absolute atomic E-state index is 0.213. The van der Waals surface area contributed by atoms with Crippen LogP contribution in [0.2, 0.25) is 0 Å². The molecule has 0 radical (unpaired) electrons. The molecule has 1 fully saturated rings. The lowest BCUT2D eigenvalue weighted by molar-refractivity contribution is 0.102. The highest BCUT2D eigenvalue weighted by molar-refractivity contribution is 6.07. The Morgan fingerprint density at radius 3 is 3.00 bits per heavy atom. The molecule has 2 aromatic heterocycles. The number of pyridine rings is 1. The number of hydrogen-bond donors (Lipinski definition) is 3. The van der Waals surface area contributed by atoms with Crippen LogP contribution in [0.25, 0.3) is 0 Å². The van der Waals surface area contributed by atoms with E-state index in [1.807, 2.05) is 7.05 Å². The van der Waals surface area contributed by atoms with Crippen LogP contribution in [-0.4, -0.2) is 39.8 Å². The van der Waals surface area contributed by atoms with Crippen molar-refractivity contribution in [3.05, 3.63) is 30.2 Å². The zero-order valence-corrected chi connectivity index (χ0v) is 13.8. The van der Waals surface area contributed by atoms with E-state index in [1.54, 1.807) is 29.2 Å². The van der Waals surface area contributed by atoms with Gasteiger partial charge in [0, 0.05) is 32.4 Å². The molecular formula is C16H23N7O. The molecule has 1 unspecified atom stereocenters. The lowest BCUT2D eigenvalue weighted by Gasteiger charge is -2.24. The van der Waals surface area contributed by atoms with Gasteiger partial charge in [0.15, 0.2) is 11.5 Å². The molecule has 3 heterocycles. The molecule has 1 aliphatic heterocycles. The van der Waals surface area contributed by atoms with Crippen molar-refractivity contribution in [3.8, 4) is 0 Å². The third-order valence-electron chi connectivity index (χ3n) is 4.28. The zero-order valence-electron chi connectivity index (χ0n) is 13.8. The van der Waals surface area contributed by atoms with Crippen LogP contribution in [0.4, 0.5) is 17.2 Å². The van der Waals surface area contributed by atoms with Crippen molar-refractivity contribution in [3.63, 3.8) is 0 Å². The van der Waals surface area contributed by atoms with Crippen LogP contribution in [0.5, 0.6) is 0 Å². The Balaban J connectivity index is 1.82. The molecule has 2 aromatic rings. The van der Waals surface area contributed by atoms with Crippen LogP contribution in [0.1, 0.15) is 29.8 Å². The standard InChI is InChI=1S/C16H23N7O/c1-22-16(23-8-3-4-11(17)6-9-23)13(10-20-22)21-15(24)14-12(18)5-2-7-19-14/h2,5,7,10-11H,3-4,6,8-9,17-18H2,1H3,(H,21,24). The summed E-state index contributed by atoms with van der Waals surface area (Å²) >= 11 is 0. The van der Waals surface area contributed by atoms with E-state index in [1.165, 1.54) is 0 Å². The van der Waals surface area contributed by atoms with E-state index in [2.05, 4.69) is 20.3 Å². The summed E-state index contributed by atoms with van der Waals surface area (Å²) in [6.07, 6.45) is 6.15. The van der Waals surface area contributed by atoms with Gasteiger partial charge in [-0.2, -0.15) is 5.10 Å². The summed E-state index contributed by atoms with van der Waals surface area (Å²) in [5.41, 5.74) is 13.1. The normalized spacial score (nSPS) is 18.2. The number of anilines is 3. The molecule has 8 nitrogen and oxygen atoms in total. The number of amides is 1. The molecule has 128 valence electrons. The van der Waals surface area contributed by atoms with E-state index in [0.29, 0.717) is 11.4 Å². The number of carbonyl (C=O) groups is 1. The maximum atomic E-state index is 12.5. The maximum Gasteiger partial charge on any atom is 0.276 e. The van der Waals surface area contributed by atoms with Gasteiger partial charge in [0.25, 0.3) is 5.91 Å². The fourth-order valence-electron chi connectivity index (χ4n) is 3.02. The first-order valence-electron chi connectivity index (χ1n) is 8.10. The van der Waals surface area contributed by atoms with Gasteiger partial charge >= 0.3 is 0 Å². The summed E-state index contributed by atoms with van der Waals surface area (Å²) in [6.45, 7) is 1.73. The molecule has 0 aromatic carbocycles. The van der Waals surface area contributed by atoms with Crippen molar-refractivity contribution in [2.24, 2.45) is 12.8 Å². The van der Waals surface area contributed by atoms with Crippen LogP contribution in [0.3, 0.4) is 0 Å². The number of nitrogens with one attached hydrogen (secondary N) is 1. The molecule has 1 saturated heterocycles. The highest BCUT2D eigenvalue weighted by Gasteiger charge is 2.22. The molecule has 24 heavy (non-hydrogen) atoms. The SMILES string of the molecule is Cn1ncc(NC(=O)c2ncccc2N)c1N1CCCC(N)CC1. The van der Waals surface area contributed by atoms with Crippen molar-refractivity contribution in [2.75, 3.05) is 29.0 Å². The first kappa shape index (κ1) is 16.3. The van der Waals surface area contributed by atoms with Crippen molar-refractivity contribution < 1.29 is 4.79 Å². The number of hydrogen-bond acceptors (Lipinski definition) is 6. The third-order valence-corrected chi connectivity index (χ3v) is 4.28. The molecular weight excluding hydrogens is 306 g/mol. The van der Waals surface area contributed by atoms with Gasteiger partial charge in [0.05, 0.1) is 11.9 Å². The molecule has 3 rings (SSSR count). The van der Waals surface area contributed by atoms with E-state index in [0.717, 1.165) is 38.2 Å². The average Bonchev–Trinajstić information content (AvgIpc) is 2.77. The van der Waals surface area contributed by atoms with Gasteiger partial charge in [0.2, 0.25) is 0 Å². The predicted octanol–water partition coefficient (Wildman–Crippen LogP) is 0.967. The van der Waals surface area contributed by atoms with E-state index >= 15 is 0 Å². The lowest BCUT2D eigenvalue weighted by Crippen LogP contribution is -2.29. The van der Waals surface area contributed by atoms with Crippen molar-refractivity contribution >= 4 is 23.1 Å². The molecule has 0 saturated carbocycles. The fraction of sp³-hybridized carbons (Fsp3) is 0.438. The molecule has 1 amide bonds. The number of nitrogens with zero attached hydrogens (tertiary/aromatic N) is 4. The molecule has 8 heteroatoms. The van der Waals surface area contributed by atoms with Crippen LogP contribution < -0.4 is 21.7 Å². The van der Waals surface area contributed by atoms with Crippen molar-refractivity contribution in [1.29, 1.82) is 0 Å². The van der Waals surface area contributed by atoms with E-state index in [-0.39, 0.29) is 17.6 Å². The number of nitrogen functional groups attached to an aromatic ring is 1. The van der Waals surface area contributed by atoms with Gasteiger partial charge in [-0.25, -0.2) is 4.98 Å². The third kappa shape index (κ3) is 3.33. The van der Waals surface area contributed by atoms with Gasteiger partial charge < -0.3 is 21.7 Å². The highest BCUT2D eigenvalue weighted by atomic mass is 16.1. The minimum atomic E-state index is -0.339. The smallest absolute Gasteiger partial charge is 0.276 e. The Labute approximate surface area is 140 Å². The highest BCUT2D eigenvalue weighted by Crippen LogP contribution is 2.28. The fourth-order valence-corrected chi connectivity index (χ4v) is 3.02. The number of carbonyl (C=O) groups excluding carboxylic acids is 1. The largest absolute Gasteiger partial charge is 0.397 e. The Morgan fingerprint density at radius 2 is 2.21 bits per heavy atom. The molecule has 1 atom stereocenters. The van der Waals surface area contributed by atoms with E-state index in [9.17, 15) is 4.79 Å². The number of nitrogens with two attached hydrogens (primary N) is 2. The molecule has 5 N–H and O–H groups in total. The number of rotatable bonds is 3. The molecule has 1 aliphatic rings. The van der Waals surface area contributed by atoms with Gasteiger partial charge in [-0.1, -0.05) is 0 Å². The minimum Gasteiger partial charge on any atom is -0.397 e. The van der Waals surface area contributed by atoms with Crippen LogP contribution in [0, 0.1) is 0 Å². The summed E-state index contributed by atoms with van der Waals surface area (Å²) in [7, 11) is 1.87. The van der Waals surface area contributed by atoms with E-state index in [4.69, 9.17) is 11.5 Å². The topological polar surface area (TPSA) is 115 Å². The van der Waals surface area contributed by atoms with Gasteiger partial charge in [-0.05, 0) is 31.4 Å². The average molecular weight is 329 g/mol. The first-order chi connectivity index (χ1) is 11.6. The van der Waals surface area contributed by atoms with Crippen molar-refractivity contribution in [2.45, 2.75) is 25.3 Å². The predicted molar refractivity (Wildman–Crippen MR) is 93.9 cm³/mol. The summed E-state index contributed by atoms with van der Waals surface area (Å²) < 4.78 is 1.77. The van der Waals surface area contributed by atoms with Crippen LogP contribution >= 0.6 is 0 Å².